The average molecular weight is 216 g/mol. The first-order valence-corrected chi connectivity index (χ1v) is 4.50. The van der Waals surface area contributed by atoms with Crippen molar-refractivity contribution in [2.24, 2.45) is 0 Å². The summed E-state index contributed by atoms with van der Waals surface area (Å²) in [5.41, 5.74) is 0.471. The average Bonchev–Trinajstić information content (AvgIpc) is 2.17. The summed E-state index contributed by atoms with van der Waals surface area (Å²) in [6, 6.07) is 8.26. The molecule has 0 amide bonds. The third-order valence-corrected chi connectivity index (χ3v) is 1.68. The van der Waals surface area contributed by atoms with Crippen molar-refractivity contribution in [1.82, 2.24) is 0 Å². The number of halogens is 3. The number of hydrogen-bond donors (Lipinski definition) is 0. The number of allylic oxidation sites excluding steroid dienone is 1. The van der Waals surface area contributed by atoms with Crippen LogP contribution >= 0.6 is 0 Å². The summed E-state index contributed by atoms with van der Waals surface area (Å²) in [5.74, 6) is -0.962. The van der Waals surface area contributed by atoms with E-state index in [-0.39, 0.29) is 6.61 Å². The first-order chi connectivity index (χ1) is 7.04. The fourth-order valence-corrected chi connectivity index (χ4v) is 1.06. The number of ether oxygens (including phenoxy) is 1. The minimum Gasteiger partial charge on any atom is -0.489 e. The first-order valence-electron chi connectivity index (χ1n) is 4.50. The Bertz CT molecular complexity index is 327. The summed E-state index contributed by atoms with van der Waals surface area (Å²) in [7, 11) is 0. The van der Waals surface area contributed by atoms with Crippen LogP contribution in [0.15, 0.2) is 36.1 Å². The number of rotatable bonds is 3. The Morgan fingerprint density at radius 3 is 2.33 bits per heavy atom. The molecule has 0 heterocycles. The van der Waals surface area contributed by atoms with Gasteiger partial charge in [0.1, 0.15) is 0 Å². The molecular formula is C11H11F3O. The molecule has 0 atom stereocenters. The van der Waals surface area contributed by atoms with Gasteiger partial charge in [0.15, 0.2) is 0 Å². The van der Waals surface area contributed by atoms with Crippen LogP contribution in [0.1, 0.15) is 12.5 Å². The van der Waals surface area contributed by atoms with E-state index in [2.05, 4.69) is 4.74 Å². The van der Waals surface area contributed by atoms with E-state index in [1.54, 1.807) is 30.3 Å². The van der Waals surface area contributed by atoms with E-state index in [4.69, 9.17) is 0 Å². The van der Waals surface area contributed by atoms with Gasteiger partial charge in [0.05, 0.1) is 6.61 Å². The summed E-state index contributed by atoms with van der Waals surface area (Å²) in [6.45, 7) is 1.52. The van der Waals surface area contributed by atoms with Gasteiger partial charge in [0.25, 0.3) is 0 Å². The molecule has 0 spiro atoms. The molecule has 1 nitrogen and oxygen atoms in total. The molecule has 82 valence electrons. The van der Waals surface area contributed by atoms with Crippen molar-refractivity contribution < 1.29 is 17.9 Å². The zero-order chi connectivity index (χ0) is 11.3. The summed E-state index contributed by atoms with van der Waals surface area (Å²) < 4.78 is 41.7. The summed E-state index contributed by atoms with van der Waals surface area (Å²) in [6.07, 6.45) is -3.45. The highest BCUT2D eigenvalue weighted by Gasteiger charge is 2.35. The normalized spacial score (nSPS) is 12.7. The first kappa shape index (κ1) is 11.6. The molecule has 0 aliphatic carbocycles. The van der Waals surface area contributed by atoms with Crippen LogP contribution in [0.5, 0.6) is 0 Å². The molecule has 0 saturated heterocycles. The van der Waals surface area contributed by atoms with Crippen molar-refractivity contribution in [2.75, 3.05) is 6.61 Å². The van der Waals surface area contributed by atoms with Gasteiger partial charge in [-0.2, -0.15) is 13.2 Å². The van der Waals surface area contributed by atoms with Crippen LogP contribution in [-0.2, 0) is 4.74 Å². The molecule has 0 bridgehead atoms. The molecule has 1 rings (SSSR count). The third kappa shape index (κ3) is 3.65. The van der Waals surface area contributed by atoms with E-state index < -0.39 is 11.9 Å². The van der Waals surface area contributed by atoms with Crippen molar-refractivity contribution in [1.29, 1.82) is 0 Å². The van der Waals surface area contributed by atoms with Crippen LogP contribution in [0.4, 0.5) is 13.2 Å². The van der Waals surface area contributed by atoms with E-state index in [1.165, 1.54) is 6.92 Å². The second-order valence-corrected chi connectivity index (χ2v) is 2.85. The third-order valence-electron chi connectivity index (χ3n) is 1.68. The number of benzene rings is 1. The summed E-state index contributed by atoms with van der Waals surface area (Å²) in [4.78, 5) is 0. The predicted octanol–water partition coefficient (Wildman–Crippen LogP) is 3.63. The lowest BCUT2D eigenvalue weighted by molar-refractivity contribution is -0.128. The molecular weight excluding hydrogens is 205 g/mol. The molecule has 4 heteroatoms. The van der Waals surface area contributed by atoms with Crippen LogP contribution < -0.4 is 0 Å². The van der Waals surface area contributed by atoms with Gasteiger partial charge in [-0.3, -0.25) is 0 Å². The Kier molecular flexibility index (Phi) is 3.77. The Morgan fingerprint density at radius 2 is 1.87 bits per heavy atom. The highest BCUT2D eigenvalue weighted by atomic mass is 19.4. The van der Waals surface area contributed by atoms with Crippen LogP contribution in [0, 0.1) is 0 Å². The number of alkyl halides is 3. The monoisotopic (exact) mass is 216 g/mol. The topological polar surface area (TPSA) is 9.23 Å². The lowest BCUT2D eigenvalue weighted by Gasteiger charge is -2.11. The summed E-state index contributed by atoms with van der Waals surface area (Å²) >= 11 is 0. The lowest BCUT2D eigenvalue weighted by Crippen LogP contribution is -2.14. The van der Waals surface area contributed by atoms with E-state index in [0.29, 0.717) is 5.56 Å². The van der Waals surface area contributed by atoms with Crippen LogP contribution in [0.25, 0.3) is 6.08 Å². The zero-order valence-electron chi connectivity index (χ0n) is 8.21. The molecule has 1 aromatic carbocycles. The van der Waals surface area contributed by atoms with E-state index >= 15 is 0 Å². The van der Waals surface area contributed by atoms with Crippen molar-refractivity contribution in [3.05, 3.63) is 41.7 Å². The maximum Gasteiger partial charge on any atom is 0.448 e. The van der Waals surface area contributed by atoms with Crippen molar-refractivity contribution >= 4 is 6.08 Å². The van der Waals surface area contributed by atoms with Crippen LogP contribution in [0.3, 0.4) is 0 Å². The van der Waals surface area contributed by atoms with Gasteiger partial charge >= 0.3 is 6.18 Å². The minimum absolute atomic E-state index is 0.00181. The lowest BCUT2D eigenvalue weighted by atomic mass is 10.2. The van der Waals surface area contributed by atoms with Gasteiger partial charge in [-0.15, -0.1) is 0 Å². The Morgan fingerprint density at radius 1 is 1.27 bits per heavy atom. The molecule has 0 unspecified atom stereocenters. The smallest absolute Gasteiger partial charge is 0.448 e. The van der Waals surface area contributed by atoms with Gasteiger partial charge in [0.2, 0.25) is 5.76 Å². The maximum atomic E-state index is 12.4. The molecule has 0 saturated carbocycles. The standard InChI is InChI=1S/C11H11F3O/c1-2-15-10(11(12,13)14)8-9-6-4-3-5-7-9/h3-8H,2H2,1H3/b10-8+. The Labute approximate surface area is 86.2 Å². The Balaban J connectivity index is 2.94. The van der Waals surface area contributed by atoms with Crippen LogP contribution in [-0.4, -0.2) is 12.8 Å². The van der Waals surface area contributed by atoms with Gasteiger partial charge in [0, 0.05) is 0 Å². The SMILES string of the molecule is CCO/C(=C/c1ccccc1)C(F)(F)F. The molecule has 15 heavy (non-hydrogen) atoms. The van der Waals surface area contributed by atoms with Crippen molar-refractivity contribution in [3.8, 4) is 0 Å². The molecule has 0 aliphatic rings. The molecule has 0 aromatic heterocycles. The van der Waals surface area contributed by atoms with Crippen molar-refractivity contribution in [2.45, 2.75) is 13.1 Å². The van der Waals surface area contributed by atoms with Gasteiger partial charge in [-0.05, 0) is 18.6 Å². The molecule has 0 N–H and O–H groups in total. The van der Waals surface area contributed by atoms with Gasteiger partial charge in [-0.1, -0.05) is 30.3 Å². The second-order valence-electron chi connectivity index (χ2n) is 2.85. The zero-order valence-corrected chi connectivity index (χ0v) is 8.21. The maximum absolute atomic E-state index is 12.4. The largest absolute Gasteiger partial charge is 0.489 e. The molecule has 0 radical (unpaired) electrons. The fraction of sp³-hybridized carbons (Fsp3) is 0.273. The van der Waals surface area contributed by atoms with Crippen LogP contribution in [0.2, 0.25) is 0 Å². The highest BCUT2D eigenvalue weighted by Crippen LogP contribution is 2.28. The molecule has 0 aliphatic heterocycles. The Hall–Kier alpha value is -1.45. The molecule has 1 aromatic rings. The van der Waals surface area contributed by atoms with Crippen molar-refractivity contribution in [3.63, 3.8) is 0 Å². The van der Waals surface area contributed by atoms with E-state index in [9.17, 15) is 13.2 Å². The van der Waals surface area contributed by atoms with E-state index in [1.807, 2.05) is 0 Å². The predicted molar refractivity (Wildman–Crippen MR) is 52.1 cm³/mol. The minimum atomic E-state index is -4.44. The summed E-state index contributed by atoms with van der Waals surface area (Å²) in [5, 5.41) is 0. The van der Waals surface area contributed by atoms with Gasteiger partial charge < -0.3 is 4.74 Å². The van der Waals surface area contributed by atoms with E-state index in [0.717, 1.165) is 6.08 Å². The fourth-order valence-electron chi connectivity index (χ4n) is 1.06. The van der Waals surface area contributed by atoms with Gasteiger partial charge in [-0.25, -0.2) is 0 Å². The number of hydrogen-bond acceptors (Lipinski definition) is 1. The quantitative estimate of drug-likeness (QED) is 0.701. The second kappa shape index (κ2) is 4.87. The highest BCUT2D eigenvalue weighted by molar-refractivity contribution is 5.52. The molecule has 0 fully saturated rings.